The highest BCUT2D eigenvalue weighted by molar-refractivity contribution is 8.14. The van der Waals surface area contributed by atoms with E-state index in [1.54, 1.807) is 41.5 Å². The van der Waals surface area contributed by atoms with Crippen LogP contribution < -0.4 is 11.3 Å². The number of thioether (sulfide) groups is 2. The van der Waals surface area contributed by atoms with Crippen molar-refractivity contribution >= 4 is 58.7 Å². The third-order valence-corrected chi connectivity index (χ3v) is 11.5. The summed E-state index contributed by atoms with van der Waals surface area (Å²) in [6.45, 7) is 10.1. The molecule has 0 amide bonds. The number of ether oxygens (including phenoxy) is 3. The number of hydrogen-bond donors (Lipinski definition) is 2. The number of anilines is 1. The number of imidazole rings is 1. The molecule has 15 nitrogen and oxygen atoms in total. The summed E-state index contributed by atoms with van der Waals surface area (Å²) in [4.78, 5) is 47.7. The third kappa shape index (κ3) is 9.96. The molecule has 2 fully saturated rings. The Balaban J connectivity index is 1.57. The molecule has 50 heavy (non-hydrogen) atoms. The fourth-order valence-electron chi connectivity index (χ4n) is 4.85. The van der Waals surface area contributed by atoms with Crippen LogP contribution in [0.1, 0.15) is 67.0 Å². The van der Waals surface area contributed by atoms with Crippen LogP contribution in [0.25, 0.3) is 11.2 Å². The van der Waals surface area contributed by atoms with Gasteiger partial charge in [-0.15, -0.1) is 6.42 Å². The molecular formula is C31H45FN5O10PS2. The molecule has 4 heterocycles. The van der Waals surface area contributed by atoms with Gasteiger partial charge in [-0.1, -0.05) is 71.0 Å². The van der Waals surface area contributed by atoms with Crippen molar-refractivity contribution in [3.63, 3.8) is 0 Å². The van der Waals surface area contributed by atoms with Gasteiger partial charge in [0.05, 0.1) is 26.1 Å². The van der Waals surface area contributed by atoms with Crippen molar-refractivity contribution < 1.29 is 46.3 Å². The van der Waals surface area contributed by atoms with Gasteiger partial charge in [0, 0.05) is 28.9 Å². The van der Waals surface area contributed by atoms with E-state index in [-0.39, 0.29) is 52.1 Å². The first-order chi connectivity index (χ1) is 23.4. The molecule has 19 heteroatoms. The highest BCUT2D eigenvalue weighted by Crippen LogP contribution is 2.52. The maximum Gasteiger partial charge on any atom is 0.474 e. The number of phosphoric ester groups is 1. The normalized spacial score (nSPS) is 24.8. The number of nitrogens with zero attached hydrogens (tertiary/aromatic N) is 3. The summed E-state index contributed by atoms with van der Waals surface area (Å²) in [5.74, 6) is 2.19. The number of aromatic nitrogens is 4. The van der Waals surface area contributed by atoms with Crippen LogP contribution in [0.5, 0.6) is 0 Å². The van der Waals surface area contributed by atoms with E-state index in [1.165, 1.54) is 0 Å². The molecule has 2 saturated heterocycles. The number of nitrogens with one attached hydrogen (secondary N) is 1. The van der Waals surface area contributed by atoms with Crippen LogP contribution in [-0.2, 0) is 41.9 Å². The van der Waals surface area contributed by atoms with Crippen molar-refractivity contribution in [1.29, 1.82) is 0 Å². The predicted molar refractivity (Wildman–Crippen MR) is 187 cm³/mol. The number of phosphoric acid groups is 1. The summed E-state index contributed by atoms with van der Waals surface area (Å²) in [7, 11) is -4.41. The van der Waals surface area contributed by atoms with E-state index in [2.05, 4.69) is 20.9 Å². The number of alkyl halides is 1. The first-order valence-corrected chi connectivity index (χ1v) is 19.5. The van der Waals surface area contributed by atoms with Gasteiger partial charge in [0.2, 0.25) is 11.6 Å². The van der Waals surface area contributed by atoms with Crippen LogP contribution in [-0.4, -0.2) is 91.8 Å². The van der Waals surface area contributed by atoms with Crippen LogP contribution in [0.2, 0.25) is 0 Å². The fourth-order valence-corrected chi connectivity index (χ4v) is 7.85. The topological polar surface area (TPSA) is 196 Å². The Morgan fingerprint density at radius 2 is 1.76 bits per heavy atom. The molecular weight excluding hydrogens is 716 g/mol. The standard InChI is InChI=1S/C31H45FN5O10PS2/c1-8-31(32)22(47-20-11-9-10-12-42-20)19(46-25(31)37-18-34-21-23(37)35-28(33)36-24(21)38)17-45-48(41,43-13-15-49-26(39)29(2,3)4)44-14-16-50-27(40)30(5,6)7/h1,18-20,22,25H,9-17H2,2-7H3,(H3,33,35,36,38)/t19-,20?,22-,25-,31-/m1/s1. The summed E-state index contributed by atoms with van der Waals surface area (Å²) in [5.41, 5.74) is 0.969. The smallest absolute Gasteiger partial charge is 0.369 e. The monoisotopic (exact) mass is 761 g/mol. The van der Waals surface area contributed by atoms with Crippen LogP contribution in [0.3, 0.4) is 0 Å². The lowest BCUT2D eigenvalue weighted by molar-refractivity contribution is -0.211. The number of nitrogen functional groups attached to an aromatic ring is 1. The van der Waals surface area contributed by atoms with Gasteiger partial charge >= 0.3 is 7.82 Å². The number of H-pyrrole nitrogens is 1. The van der Waals surface area contributed by atoms with E-state index in [0.29, 0.717) is 13.0 Å². The van der Waals surface area contributed by atoms with Crippen molar-refractivity contribution in [2.24, 2.45) is 10.8 Å². The van der Waals surface area contributed by atoms with Crippen LogP contribution in [0, 0.1) is 23.2 Å². The molecule has 2 aliphatic rings. The number of halogens is 1. The average molecular weight is 762 g/mol. The molecule has 2 aliphatic heterocycles. The minimum Gasteiger partial charge on any atom is -0.369 e. The molecule has 0 radical (unpaired) electrons. The van der Waals surface area contributed by atoms with Gasteiger partial charge in [0.15, 0.2) is 33.9 Å². The van der Waals surface area contributed by atoms with E-state index in [9.17, 15) is 18.9 Å². The van der Waals surface area contributed by atoms with Crippen molar-refractivity contribution in [3.05, 3.63) is 16.7 Å². The second-order valence-corrected chi connectivity index (χ2v) is 17.6. The maximum atomic E-state index is 17.1. The van der Waals surface area contributed by atoms with Gasteiger partial charge in [0.25, 0.3) is 5.56 Å². The van der Waals surface area contributed by atoms with Crippen molar-refractivity contribution in [3.8, 4) is 12.3 Å². The van der Waals surface area contributed by atoms with Gasteiger partial charge < -0.3 is 19.9 Å². The molecule has 0 spiro atoms. The minimum absolute atomic E-state index is 0.0929. The Labute approximate surface area is 298 Å². The number of terminal acetylenes is 1. The molecule has 2 aromatic heterocycles. The number of nitrogens with two attached hydrogens (primary N) is 1. The van der Waals surface area contributed by atoms with Crippen LogP contribution in [0.15, 0.2) is 11.1 Å². The summed E-state index contributed by atoms with van der Waals surface area (Å²) >= 11 is 2.01. The van der Waals surface area contributed by atoms with E-state index in [1.807, 2.05) is 0 Å². The lowest BCUT2D eigenvalue weighted by Gasteiger charge is -2.32. The second-order valence-electron chi connectivity index (χ2n) is 13.7. The summed E-state index contributed by atoms with van der Waals surface area (Å²) in [6, 6.07) is 0. The molecule has 5 atom stereocenters. The summed E-state index contributed by atoms with van der Waals surface area (Å²) in [5, 5.41) is -0.187. The number of carbonyl (C=O) groups excluding carboxylic acids is 2. The Kier molecular flexibility index (Phi) is 13.4. The van der Waals surface area contributed by atoms with E-state index in [0.717, 1.165) is 47.3 Å². The zero-order chi connectivity index (χ0) is 36.9. The van der Waals surface area contributed by atoms with E-state index < -0.39 is 61.2 Å². The lowest BCUT2D eigenvalue weighted by Crippen LogP contribution is -2.47. The Morgan fingerprint density at radius 1 is 1.14 bits per heavy atom. The highest BCUT2D eigenvalue weighted by atomic mass is 32.2. The summed E-state index contributed by atoms with van der Waals surface area (Å²) < 4.78 is 67.0. The van der Waals surface area contributed by atoms with Gasteiger partial charge in [-0.2, -0.15) is 4.98 Å². The number of aromatic amines is 1. The lowest BCUT2D eigenvalue weighted by atomic mass is 9.96. The largest absolute Gasteiger partial charge is 0.474 e. The van der Waals surface area contributed by atoms with Gasteiger partial charge in [-0.05, 0) is 19.3 Å². The molecule has 4 rings (SSSR count). The first-order valence-electron chi connectivity index (χ1n) is 16.1. The highest BCUT2D eigenvalue weighted by Gasteiger charge is 2.60. The van der Waals surface area contributed by atoms with Gasteiger partial charge in [0.1, 0.15) is 12.2 Å². The van der Waals surface area contributed by atoms with E-state index >= 15 is 4.39 Å². The summed E-state index contributed by atoms with van der Waals surface area (Å²) in [6.07, 6.45) is 3.63. The van der Waals surface area contributed by atoms with E-state index in [4.69, 9.17) is 39.9 Å². The molecule has 278 valence electrons. The third-order valence-electron chi connectivity index (χ3n) is 7.53. The van der Waals surface area contributed by atoms with Crippen molar-refractivity contribution in [2.45, 2.75) is 91.2 Å². The second kappa shape index (κ2) is 16.6. The van der Waals surface area contributed by atoms with Crippen LogP contribution in [0.4, 0.5) is 10.3 Å². The Bertz CT molecular complexity index is 1630. The minimum atomic E-state index is -4.41. The SMILES string of the molecule is C#C[C@@]1(F)[C@H](OC2CCCCO2)[C@@H](COP(=O)(OCCSC(=O)C(C)(C)C)OCCSC(=O)C(C)(C)C)O[C@H]1n1cnc2c(=O)[nH]c(N)nc21. The fraction of sp³-hybridized carbons (Fsp3) is 0.710. The van der Waals surface area contributed by atoms with Crippen molar-refractivity contribution in [2.75, 3.05) is 43.7 Å². The molecule has 0 saturated carbocycles. The Morgan fingerprint density at radius 3 is 2.30 bits per heavy atom. The zero-order valence-corrected chi connectivity index (χ0v) is 31.5. The number of carbonyl (C=O) groups is 2. The molecule has 0 bridgehead atoms. The van der Waals surface area contributed by atoms with Crippen LogP contribution >= 0.6 is 31.3 Å². The number of hydrogen-bond acceptors (Lipinski definition) is 15. The molecule has 3 N–H and O–H groups in total. The first kappa shape index (κ1) is 40.4. The Hall–Kier alpha value is -2.33. The maximum absolute atomic E-state index is 17.1. The molecule has 0 aromatic carbocycles. The molecule has 1 unspecified atom stereocenters. The number of rotatable bonds is 14. The van der Waals surface area contributed by atoms with Gasteiger partial charge in [-0.25, -0.2) is 13.9 Å². The number of fused-ring (bicyclic) bond motifs is 1. The molecule has 2 aromatic rings. The zero-order valence-electron chi connectivity index (χ0n) is 29.0. The quantitative estimate of drug-likeness (QED) is 0.154. The average Bonchev–Trinajstić information content (AvgIpc) is 3.58. The van der Waals surface area contributed by atoms with Crippen molar-refractivity contribution in [1.82, 2.24) is 19.5 Å². The predicted octanol–water partition coefficient (Wildman–Crippen LogP) is 4.62. The van der Waals surface area contributed by atoms with Gasteiger partial charge in [-0.3, -0.25) is 37.5 Å². The molecule has 0 aliphatic carbocycles.